The van der Waals surface area contributed by atoms with Crippen LogP contribution in [-0.2, 0) is 16.6 Å². The molecule has 0 heterocycles. The summed E-state index contributed by atoms with van der Waals surface area (Å²) in [6.07, 6.45) is 4.26. The summed E-state index contributed by atoms with van der Waals surface area (Å²) in [5.74, 6) is -0.297. The fourth-order valence-electron chi connectivity index (χ4n) is 5.20. The number of carboxylic acids is 1. The van der Waals surface area contributed by atoms with E-state index in [4.69, 9.17) is 0 Å². The topological polar surface area (TPSA) is 57.5 Å². The van der Waals surface area contributed by atoms with Gasteiger partial charge in [-0.2, -0.15) is 0 Å². The number of aryl methyl sites for hydroxylation is 1. The minimum Gasteiger partial charge on any atom is -0.481 e. The molecule has 1 aromatic carbocycles. The molecule has 1 aromatic rings. The molecule has 0 radical (unpaired) electrons. The smallest absolute Gasteiger partial charge is 0.312 e. The molecule has 3 rings (SSSR count). The van der Waals surface area contributed by atoms with E-state index in [9.17, 15) is 15.0 Å². The lowest BCUT2D eigenvalue weighted by molar-refractivity contribution is -0.164. The third-order valence-electron chi connectivity index (χ3n) is 6.58. The van der Waals surface area contributed by atoms with Gasteiger partial charge in [-0.1, -0.05) is 45.4 Å². The highest BCUT2D eigenvalue weighted by atomic mass is 16.4. The van der Waals surface area contributed by atoms with E-state index in [2.05, 4.69) is 39.0 Å². The third kappa shape index (κ3) is 2.32. The molecular formula is C20H28O3. The molecule has 1 fully saturated rings. The number of carboxylic acid groups (broad SMARTS) is 1. The van der Waals surface area contributed by atoms with Gasteiger partial charge in [-0.3, -0.25) is 4.79 Å². The van der Waals surface area contributed by atoms with Crippen molar-refractivity contribution < 1.29 is 15.0 Å². The molecule has 3 atom stereocenters. The summed E-state index contributed by atoms with van der Waals surface area (Å²) >= 11 is 0. The second-order valence-corrected chi connectivity index (χ2v) is 8.05. The van der Waals surface area contributed by atoms with E-state index in [1.165, 1.54) is 16.7 Å². The predicted octanol–water partition coefficient (Wildman–Crippen LogP) is 3.88. The van der Waals surface area contributed by atoms with Gasteiger partial charge >= 0.3 is 5.97 Å². The minimum atomic E-state index is -0.971. The number of benzene rings is 1. The van der Waals surface area contributed by atoms with E-state index in [1.807, 2.05) is 0 Å². The molecular weight excluding hydrogens is 288 g/mol. The highest BCUT2D eigenvalue weighted by molar-refractivity contribution is 5.76. The zero-order valence-corrected chi connectivity index (χ0v) is 14.4. The Morgan fingerprint density at radius 3 is 2.70 bits per heavy atom. The molecule has 1 saturated carbocycles. The average Bonchev–Trinajstić information content (AvgIpc) is 2.52. The number of aliphatic hydroxyl groups is 1. The van der Waals surface area contributed by atoms with Crippen LogP contribution < -0.4 is 0 Å². The summed E-state index contributed by atoms with van der Waals surface area (Å²) in [6, 6.07) is 6.75. The Labute approximate surface area is 138 Å². The van der Waals surface area contributed by atoms with Crippen molar-refractivity contribution in [1.29, 1.82) is 0 Å². The zero-order valence-electron chi connectivity index (χ0n) is 14.4. The van der Waals surface area contributed by atoms with Crippen molar-refractivity contribution in [3.8, 4) is 0 Å². The van der Waals surface area contributed by atoms with Gasteiger partial charge in [0.2, 0.25) is 0 Å². The highest BCUT2D eigenvalue weighted by Gasteiger charge is 2.57. The first-order chi connectivity index (χ1) is 10.8. The lowest BCUT2D eigenvalue weighted by Gasteiger charge is -2.54. The van der Waals surface area contributed by atoms with Crippen LogP contribution in [0.5, 0.6) is 0 Å². The van der Waals surface area contributed by atoms with E-state index in [1.54, 1.807) is 0 Å². The van der Waals surface area contributed by atoms with Crippen molar-refractivity contribution in [2.75, 3.05) is 6.61 Å². The summed E-state index contributed by atoms with van der Waals surface area (Å²) in [7, 11) is 0. The number of carbonyl (C=O) groups is 1. The van der Waals surface area contributed by atoms with Crippen molar-refractivity contribution in [3.05, 3.63) is 34.9 Å². The Bertz CT molecular complexity index is 621. The molecule has 2 aliphatic carbocycles. The lowest BCUT2D eigenvalue weighted by atomic mass is 9.49. The van der Waals surface area contributed by atoms with Crippen LogP contribution in [0.1, 0.15) is 69.1 Å². The zero-order chi connectivity index (χ0) is 16.8. The van der Waals surface area contributed by atoms with Crippen molar-refractivity contribution >= 4 is 5.97 Å². The van der Waals surface area contributed by atoms with Crippen LogP contribution in [0.4, 0.5) is 0 Å². The number of fused-ring (bicyclic) bond motifs is 3. The maximum absolute atomic E-state index is 12.0. The molecule has 2 aliphatic rings. The van der Waals surface area contributed by atoms with Crippen molar-refractivity contribution in [2.45, 2.75) is 64.2 Å². The van der Waals surface area contributed by atoms with Gasteiger partial charge < -0.3 is 10.2 Å². The van der Waals surface area contributed by atoms with Gasteiger partial charge in [-0.05, 0) is 59.6 Å². The fourth-order valence-corrected chi connectivity index (χ4v) is 5.20. The first kappa shape index (κ1) is 16.5. The number of aliphatic hydroxyl groups excluding tert-OH is 1. The van der Waals surface area contributed by atoms with Gasteiger partial charge in [0.05, 0.1) is 12.0 Å². The van der Waals surface area contributed by atoms with E-state index in [-0.39, 0.29) is 17.9 Å². The molecule has 0 aromatic heterocycles. The van der Waals surface area contributed by atoms with Crippen LogP contribution in [0.25, 0.3) is 0 Å². The van der Waals surface area contributed by atoms with Crippen LogP contribution in [-0.4, -0.2) is 22.8 Å². The maximum Gasteiger partial charge on any atom is 0.312 e. The normalized spacial score (nSPS) is 33.2. The SMILES string of the molecule is CC(C)c1ccc2c(c1)CCC1[C@@](CO)(C(=O)O)CCC[C@]21C. The van der Waals surface area contributed by atoms with Gasteiger partial charge in [-0.15, -0.1) is 0 Å². The third-order valence-corrected chi connectivity index (χ3v) is 6.58. The minimum absolute atomic E-state index is 0.0173. The summed E-state index contributed by atoms with van der Waals surface area (Å²) in [5.41, 5.74) is 2.95. The first-order valence-corrected chi connectivity index (χ1v) is 8.83. The first-order valence-electron chi connectivity index (χ1n) is 8.83. The number of aliphatic carboxylic acids is 1. The van der Waals surface area contributed by atoms with E-state index in [0.717, 1.165) is 25.7 Å². The Hall–Kier alpha value is -1.35. The summed E-state index contributed by atoms with van der Waals surface area (Å²) < 4.78 is 0. The van der Waals surface area contributed by atoms with Crippen LogP contribution >= 0.6 is 0 Å². The van der Waals surface area contributed by atoms with Gasteiger partial charge in [0.1, 0.15) is 0 Å². The summed E-state index contributed by atoms with van der Waals surface area (Å²) in [6.45, 7) is 6.38. The molecule has 23 heavy (non-hydrogen) atoms. The molecule has 1 unspecified atom stereocenters. The van der Waals surface area contributed by atoms with Gasteiger partial charge in [0.15, 0.2) is 0 Å². The standard InChI is InChI=1S/C20H28O3/c1-13(2)14-5-7-16-15(11-14)6-8-17-19(16,3)9-4-10-20(17,12-21)18(22)23/h5,7,11,13,17,21H,4,6,8-10,12H2,1-3H3,(H,22,23)/t17?,19-,20-/m1/s1. The quantitative estimate of drug-likeness (QED) is 0.890. The van der Waals surface area contributed by atoms with Gasteiger partial charge in [-0.25, -0.2) is 0 Å². The molecule has 3 heteroatoms. The molecule has 0 spiro atoms. The maximum atomic E-state index is 12.0. The Balaban J connectivity index is 2.09. The molecule has 0 amide bonds. The highest BCUT2D eigenvalue weighted by Crippen LogP contribution is 2.57. The second-order valence-electron chi connectivity index (χ2n) is 8.05. The monoisotopic (exact) mass is 316 g/mol. The van der Waals surface area contributed by atoms with Crippen LogP contribution in [0.15, 0.2) is 18.2 Å². The van der Waals surface area contributed by atoms with Crippen LogP contribution in [0, 0.1) is 11.3 Å². The van der Waals surface area contributed by atoms with Gasteiger partial charge in [0.25, 0.3) is 0 Å². The second kappa shape index (κ2) is 5.62. The Morgan fingerprint density at radius 1 is 1.35 bits per heavy atom. The van der Waals surface area contributed by atoms with E-state index in [0.29, 0.717) is 12.3 Å². The van der Waals surface area contributed by atoms with E-state index < -0.39 is 11.4 Å². The predicted molar refractivity (Wildman–Crippen MR) is 90.7 cm³/mol. The number of rotatable bonds is 3. The molecule has 126 valence electrons. The molecule has 2 N–H and O–H groups in total. The molecule has 3 nitrogen and oxygen atoms in total. The lowest BCUT2D eigenvalue weighted by Crippen LogP contribution is -2.55. The van der Waals surface area contributed by atoms with E-state index >= 15 is 0 Å². The number of hydrogen-bond donors (Lipinski definition) is 2. The van der Waals surface area contributed by atoms with Crippen molar-refractivity contribution in [1.82, 2.24) is 0 Å². The van der Waals surface area contributed by atoms with Crippen LogP contribution in [0.3, 0.4) is 0 Å². The summed E-state index contributed by atoms with van der Waals surface area (Å²) in [4.78, 5) is 12.0. The molecule has 0 aliphatic heterocycles. The van der Waals surface area contributed by atoms with Crippen molar-refractivity contribution in [2.24, 2.45) is 11.3 Å². The van der Waals surface area contributed by atoms with Crippen molar-refractivity contribution in [3.63, 3.8) is 0 Å². The average molecular weight is 316 g/mol. The Kier molecular flexibility index (Phi) is 4.04. The Morgan fingerprint density at radius 2 is 2.09 bits per heavy atom. The van der Waals surface area contributed by atoms with Crippen LogP contribution in [0.2, 0.25) is 0 Å². The fraction of sp³-hybridized carbons (Fsp3) is 0.650. The summed E-state index contributed by atoms with van der Waals surface area (Å²) in [5, 5.41) is 19.8. The number of hydrogen-bond acceptors (Lipinski definition) is 2. The van der Waals surface area contributed by atoms with Gasteiger partial charge in [0, 0.05) is 0 Å². The molecule has 0 bridgehead atoms. The largest absolute Gasteiger partial charge is 0.481 e. The molecule has 0 saturated heterocycles.